The molecule has 4 heteroatoms. The lowest BCUT2D eigenvalue weighted by molar-refractivity contribution is 0.168. The quantitative estimate of drug-likeness (QED) is 0.730. The highest BCUT2D eigenvalue weighted by Crippen LogP contribution is 2.15. The number of ether oxygens (including phenoxy) is 1. The standard InChI is InChI=1S/C15H22N2O2/c1-4-6-7-12(3)16-13-8-10-14(11-9-13)17-15(18)19-5-2/h4,8-12,16H,1,5-7H2,2-3H3,(H,17,18). The number of amides is 1. The SMILES string of the molecule is C=CCCC(C)Nc1ccc(NC(=O)OCC)cc1. The number of hydrogen-bond donors (Lipinski definition) is 2. The molecule has 1 aromatic rings. The van der Waals surface area contributed by atoms with Gasteiger partial charge in [-0.2, -0.15) is 0 Å². The molecule has 1 rings (SSSR count). The van der Waals surface area contributed by atoms with Gasteiger partial charge in [-0.25, -0.2) is 4.79 Å². The summed E-state index contributed by atoms with van der Waals surface area (Å²) in [6.07, 6.45) is 3.54. The maximum absolute atomic E-state index is 11.2. The van der Waals surface area contributed by atoms with Crippen LogP contribution in [-0.4, -0.2) is 18.7 Å². The minimum Gasteiger partial charge on any atom is -0.450 e. The van der Waals surface area contributed by atoms with Gasteiger partial charge >= 0.3 is 6.09 Å². The zero-order chi connectivity index (χ0) is 14.1. The second kappa shape index (κ2) is 8.19. The van der Waals surface area contributed by atoms with Crippen molar-refractivity contribution in [3.05, 3.63) is 36.9 Å². The van der Waals surface area contributed by atoms with E-state index in [0.29, 0.717) is 12.6 Å². The molecular weight excluding hydrogens is 240 g/mol. The summed E-state index contributed by atoms with van der Waals surface area (Å²) in [5.41, 5.74) is 1.76. The fourth-order valence-electron chi connectivity index (χ4n) is 1.66. The third kappa shape index (κ3) is 5.95. The molecule has 0 saturated heterocycles. The minimum atomic E-state index is -0.428. The molecule has 104 valence electrons. The molecule has 0 aliphatic rings. The van der Waals surface area contributed by atoms with Gasteiger partial charge in [-0.3, -0.25) is 5.32 Å². The van der Waals surface area contributed by atoms with Crippen LogP contribution < -0.4 is 10.6 Å². The molecule has 0 aliphatic heterocycles. The van der Waals surface area contributed by atoms with Gasteiger partial charge in [0.2, 0.25) is 0 Å². The molecule has 0 fully saturated rings. The largest absolute Gasteiger partial charge is 0.450 e. The molecule has 19 heavy (non-hydrogen) atoms. The Bertz CT molecular complexity index is 401. The van der Waals surface area contributed by atoms with Gasteiger partial charge in [0.05, 0.1) is 6.61 Å². The highest BCUT2D eigenvalue weighted by Gasteiger charge is 2.03. The van der Waals surface area contributed by atoms with E-state index in [1.54, 1.807) is 6.92 Å². The van der Waals surface area contributed by atoms with E-state index in [-0.39, 0.29) is 0 Å². The molecule has 0 heterocycles. The summed E-state index contributed by atoms with van der Waals surface area (Å²) in [7, 11) is 0. The lowest BCUT2D eigenvalue weighted by Crippen LogP contribution is -2.15. The number of hydrogen-bond acceptors (Lipinski definition) is 3. The topological polar surface area (TPSA) is 50.4 Å². The van der Waals surface area contributed by atoms with Crippen molar-refractivity contribution in [1.29, 1.82) is 0 Å². The van der Waals surface area contributed by atoms with Gasteiger partial charge in [0, 0.05) is 17.4 Å². The lowest BCUT2D eigenvalue weighted by atomic mass is 10.1. The number of anilines is 2. The average molecular weight is 262 g/mol. The molecule has 1 atom stereocenters. The van der Waals surface area contributed by atoms with Crippen LogP contribution in [0, 0.1) is 0 Å². The summed E-state index contributed by atoms with van der Waals surface area (Å²) in [6, 6.07) is 7.96. The van der Waals surface area contributed by atoms with Crippen LogP contribution in [-0.2, 0) is 4.74 Å². The van der Waals surface area contributed by atoms with Crippen LogP contribution in [0.1, 0.15) is 26.7 Å². The number of carbonyl (C=O) groups is 1. The van der Waals surface area contributed by atoms with E-state index in [0.717, 1.165) is 24.2 Å². The smallest absolute Gasteiger partial charge is 0.411 e. The Morgan fingerprint density at radius 2 is 2.00 bits per heavy atom. The molecule has 4 nitrogen and oxygen atoms in total. The van der Waals surface area contributed by atoms with E-state index in [1.807, 2.05) is 30.3 Å². The summed E-state index contributed by atoms with van der Waals surface area (Å²) < 4.78 is 4.81. The second-order valence-electron chi connectivity index (χ2n) is 4.33. The van der Waals surface area contributed by atoms with Crippen molar-refractivity contribution in [3.63, 3.8) is 0 Å². The highest BCUT2D eigenvalue weighted by atomic mass is 16.5. The highest BCUT2D eigenvalue weighted by molar-refractivity contribution is 5.84. The maximum atomic E-state index is 11.2. The fourth-order valence-corrected chi connectivity index (χ4v) is 1.66. The van der Waals surface area contributed by atoms with E-state index in [9.17, 15) is 4.79 Å². The summed E-state index contributed by atoms with van der Waals surface area (Å²) in [4.78, 5) is 11.2. The van der Waals surface area contributed by atoms with Gasteiger partial charge in [-0.15, -0.1) is 6.58 Å². The van der Waals surface area contributed by atoms with Gasteiger partial charge in [0.25, 0.3) is 0 Å². The molecule has 1 unspecified atom stereocenters. The number of carbonyl (C=O) groups excluding carboxylic acids is 1. The Labute approximate surface area is 114 Å². The Morgan fingerprint density at radius 3 is 2.58 bits per heavy atom. The average Bonchev–Trinajstić information content (AvgIpc) is 2.39. The minimum absolute atomic E-state index is 0.367. The molecule has 0 radical (unpaired) electrons. The molecule has 0 spiro atoms. The fraction of sp³-hybridized carbons (Fsp3) is 0.400. The van der Waals surface area contributed by atoms with E-state index in [4.69, 9.17) is 4.74 Å². The molecule has 2 N–H and O–H groups in total. The third-order valence-electron chi connectivity index (χ3n) is 2.62. The van der Waals surface area contributed by atoms with Crippen LogP contribution in [0.25, 0.3) is 0 Å². The van der Waals surface area contributed by atoms with Crippen molar-refractivity contribution >= 4 is 17.5 Å². The van der Waals surface area contributed by atoms with Crippen molar-refractivity contribution in [2.75, 3.05) is 17.2 Å². The van der Waals surface area contributed by atoms with Crippen LogP contribution in [0.4, 0.5) is 16.2 Å². The first-order valence-electron chi connectivity index (χ1n) is 6.57. The van der Waals surface area contributed by atoms with Crippen LogP contribution in [0.3, 0.4) is 0 Å². The van der Waals surface area contributed by atoms with Crippen molar-refractivity contribution < 1.29 is 9.53 Å². The van der Waals surface area contributed by atoms with Crippen LogP contribution in [0.2, 0.25) is 0 Å². The summed E-state index contributed by atoms with van der Waals surface area (Å²) in [5.74, 6) is 0. The first-order chi connectivity index (χ1) is 9.15. The zero-order valence-electron chi connectivity index (χ0n) is 11.6. The summed E-state index contributed by atoms with van der Waals surface area (Å²) in [5, 5.41) is 6.05. The first kappa shape index (κ1) is 15.1. The van der Waals surface area contributed by atoms with Crippen molar-refractivity contribution in [2.45, 2.75) is 32.7 Å². The van der Waals surface area contributed by atoms with E-state index in [2.05, 4.69) is 24.1 Å². The molecule has 1 amide bonds. The normalized spacial score (nSPS) is 11.5. The van der Waals surface area contributed by atoms with E-state index < -0.39 is 6.09 Å². The number of nitrogens with one attached hydrogen (secondary N) is 2. The zero-order valence-corrected chi connectivity index (χ0v) is 11.6. The molecular formula is C15H22N2O2. The number of allylic oxidation sites excluding steroid dienone is 1. The van der Waals surface area contributed by atoms with Crippen LogP contribution in [0.5, 0.6) is 0 Å². The van der Waals surface area contributed by atoms with Gasteiger partial charge in [0.15, 0.2) is 0 Å². The Hall–Kier alpha value is -1.97. The molecule has 0 bridgehead atoms. The predicted molar refractivity (Wildman–Crippen MR) is 79.6 cm³/mol. The summed E-state index contributed by atoms with van der Waals surface area (Å²) >= 11 is 0. The third-order valence-corrected chi connectivity index (χ3v) is 2.62. The molecule has 0 aliphatic carbocycles. The Kier molecular flexibility index (Phi) is 6.50. The van der Waals surface area contributed by atoms with Gasteiger partial charge < -0.3 is 10.1 Å². The second-order valence-corrected chi connectivity index (χ2v) is 4.33. The first-order valence-corrected chi connectivity index (χ1v) is 6.57. The number of rotatable bonds is 7. The molecule has 0 aromatic heterocycles. The summed E-state index contributed by atoms with van der Waals surface area (Å²) in [6.45, 7) is 7.99. The predicted octanol–water partition coefficient (Wildman–Crippen LogP) is 4.02. The molecule has 1 aromatic carbocycles. The molecule has 0 saturated carbocycles. The van der Waals surface area contributed by atoms with Gasteiger partial charge in [0.1, 0.15) is 0 Å². The van der Waals surface area contributed by atoms with Crippen molar-refractivity contribution in [3.8, 4) is 0 Å². The van der Waals surface area contributed by atoms with Gasteiger partial charge in [-0.05, 0) is 51.0 Å². The van der Waals surface area contributed by atoms with Crippen molar-refractivity contribution in [2.24, 2.45) is 0 Å². The van der Waals surface area contributed by atoms with Crippen LogP contribution >= 0.6 is 0 Å². The maximum Gasteiger partial charge on any atom is 0.411 e. The Morgan fingerprint density at radius 1 is 1.37 bits per heavy atom. The number of benzene rings is 1. The van der Waals surface area contributed by atoms with Crippen molar-refractivity contribution in [1.82, 2.24) is 0 Å². The van der Waals surface area contributed by atoms with Crippen LogP contribution in [0.15, 0.2) is 36.9 Å². The van der Waals surface area contributed by atoms with E-state index in [1.165, 1.54) is 0 Å². The lowest BCUT2D eigenvalue weighted by Gasteiger charge is -2.14. The van der Waals surface area contributed by atoms with Gasteiger partial charge in [-0.1, -0.05) is 6.08 Å². The van der Waals surface area contributed by atoms with E-state index >= 15 is 0 Å². The monoisotopic (exact) mass is 262 g/mol. The Balaban J connectivity index is 2.47.